The second-order valence-corrected chi connectivity index (χ2v) is 7.41. The van der Waals surface area contributed by atoms with Gasteiger partial charge in [0.2, 0.25) is 0 Å². The first-order valence-corrected chi connectivity index (χ1v) is 9.41. The van der Waals surface area contributed by atoms with Gasteiger partial charge in [0.05, 0.1) is 0 Å². The standard InChI is InChI=1S/C19H33NO2/c1-20(14-12-18(21)16-8-4-2-5-9-16)15-13-19(22)17-10-6-3-7-11-17/h16-17H,2-15H2,1H3. The van der Waals surface area contributed by atoms with Gasteiger partial charge in [-0.1, -0.05) is 38.5 Å². The molecule has 3 heteroatoms. The summed E-state index contributed by atoms with van der Waals surface area (Å²) in [5.41, 5.74) is 0. The molecule has 2 aliphatic rings. The highest BCUT2D eigenvalue weighted by Crippen LogP contribution is 2.26. The van der Waals surface area contributed by atoms with Gasteiger partial charge in [-0.3, -0.25) is 9.59 Å². The van der Waals surface area contributed by atoms with Crippen molar-refractivity contribution in [2.24, 2.45) is 11.8 Å². The molecule has 2 fully saturated rings. The fraction of sp³-hybridized carbons (Fsp3) is 0.895. The summed E-state index contributed by atoms with van der Waals surface area (Å²) in [6.07, 6.45) is 13.2. The molecule has 0 unspecified atom stereocenters. The first kappa shape index (κ1) is 17.7. The van der Waals surface area contributed by atoms with E-state index >= 15 is 0 Å². The first-order valence-electron chi connectivity index (χ1n) is 9.41. The number of carbonyl (C=O) groups excluding carboxylic acids is 2. The number of carbonyl (C=O) groups is 2. The Kier molecular flexibility index (Phi) is 7.57. The van der Waals surface area contributed by atoms with Crippen LogP contribution in [-0.4, -0.2) is 36.6 Å². The van der Waals surface area contributed by atoms with Crippen molar-refractivity contribution in [3.63, 3.8) is 0 Å². The molecule has 0 bridgehead atoms. The zero-order valence-electron chi connectivity index (χ0n) is 14.3. The van der Waals surface area contributed by atoms with Crippen LogP contribution in [0.25, 0.3) is 0 Å². The van der Waals surface area contributed by atoms with Crippen LogP contribution in [-0.2, 0) is 9.59 Å². The maximum absolute atomic E-state index is 12.2. The molecule has 0 aromatic rings. The van der Waals surface area contributed by atoms with Crippen LogP contribution in [0.4, 0.5) is 0 Å². The van der Waals surface area contributed by atoms with Crippen LogP contribution in [0.1, 0.15) is 77.0 Å². The van der Waals surface area contributed by atoms with Crippen molar-refractivity contribution in [2.75, 3.05) is 20.1 Å². The van der Waals surface area contributed by atoms with Crippen LogP contribution >= 0.6 is 0 Å². The minimum Gasteiger partial charge on any atom is -0.305 e. The summed E-state index contributed by atoms with van der Waals surface area (Å²) in [6, 6.07) is 0. The van der Waals surface area contributed by atoms with E-state index in [-0.39, 0.29) is 0 Å². The first-order chi connectivity index (χ1) is 10.7. The van der Waals surface area contributed by atoms with Crippen molar-refractivity contribution in [3.05, 3.63) is 0 Å². The summed E-state index contributed by atoms with van der Waals surface area (Å²) >= 11 is 0. The highest BCUT2D eigenvalue weighted by molar-refractivity contribution is 5.81. The molecule has 0 atom stereocenters. The maximum atomic E-state index is 12.2. The highest BCUT2D eigenvalue weighted by atomic mass is 16.1. The van der Waals surface area contributed by atoms with E-state index in [9.17, 15) is 9.59 Å². The summed E-state index contributed by atoms with van der Waals surface area (Å²) in [5, 5.41) is 0. The molecule has 0 spiro atoms. The molecule has 2 saturated carbocycles. The van der Waals surface area contributed by atoms with Crippen molar-refractivity contribution >= 4 is 11.6 Å². The Hall–Kier alpha value is -0.700. The predicted octanol–water partition coefficient (Wildman–Crippen LogP) is 4.00. The predicted molar refractivity (Wildman–Crippen MR) is 89.9 cm³/mol. The zero-order chi connectivity index (χ0) is 15.8. The zero-order valence-corrected chi connectivity index (χ0v) is 14.3. The van der Waals surface area contributed by atoms with Crippen LogP contribution in [0.15, 0.2) is 0 Å². The van der Waals surface area contributed by atoms with Crippen molar-refractivity contribution in [2.45, 2.75) is 77.0 Å². The third kappa shape index (κ3) is 5.83. The Morgan fingerprint density at radius 1 is 0.727 bits per heavy atom. The lowest BCUT2D eigenvalue weighted by molar-refractivity contribution is -0.124. The molecule has 0 heterocycles. The average molecular weight is 307 g/mol. The Labute approximate surface area is 135 Å². The van der Waals surface area contributed by atoms with Crippen LogP contribution in [0, 0.1) is 11.8 Å². The van der Waals surface area contributed by atoms with Crippen LogP contribution in [0.3, 0.4) is 0 Å². The summed E-state index contributed by atoms with van der Waals surface area (Å²) in [6.45, 7) is 1.63. The summed E-state index contributed by atoms with van der Waals surface area (Å²) in [5.74, 6) is 1.55. The number of rotatable bonds is 8. The van der Waals surface area contributed by atoms with Gasteiger partial charge in [-0.05, 0) is 32.7 Å². The molecule has 0 aliphatic heterocycles. The maximum Gasteiger partial charge on any atom is 0.137 e. The minimum absolute atomic E-state index is 0.325. The molecule has 126 valence electrons. The largest absolute Gasteiger partial charge is 0.305 e. The molecule has 22 heavy (non-hydrogen) atoms. The highest BCUT2D eigenvalue weighted by Gasteiger charge is 2.22. The minimum atomic E-state index is 0.325. The topological polar surface area (TPSA) is 37.4 Å². The molecule has 0 N–H and O–H groups in total. The van der Waals surface area contributed by atoms with E-state index in [1.54, 1.807) is 0 Å². The molecular weight excluding hydrogens is 274 g/mol. The Morgan fingerprint density at radius 2 is 1.09 bits per heavy atom. The fourth-order valence-electron chi connectivity index (χ4n) is 3.97. The summed E-state index contributed by atoms with van der Waals surface area (Å²) < 4.78 is 0. The monoisotopic (exact) mass is 307 g/mol. The number of hydrogen-bond donors (Lipinski definition) is 0. The van der Waals surface area contributed by atoms with Gasteiger partial charge in [0, 0.05) is 37.8 Å². The normalized spacial score (nSPS) is 21.2. The molecule has 2 aliphatic carbocycles. The Morgan fingerprint density at radius 3 is 1.45 bits per heavy atom. The SMILES string of the molecule is CN(CCC(=O)C1CCCCC1)CCC(=O)C1CCCCC1. The van der Waals surface area contributed by atoms with Gasteiger partial charge in [-0.25, -0.2) is 0 Å². The van der Waals surface area contributed by atoms with Crippen molar-refractivity contribution in [3.8, 4) is 0 Å². The van der Waals surface area contributed by atoms with E-state index in [1.807, 2.05) is 7.05 Å². The van der Waals surface area contributed by atoms with E-state index in [4.69, 9.17) is 0 Å². The summed E-state index contributed by atoms with van der Waals surface area (Å²) in [7, 11) is 2.04. The molecule has 3 nitrogen and oxygen atoms in total. The van der Waals surface area contributed by atoms with E-state index in [0.717, 1.165) is 38.8 Å². The van der Waals surface area contributed by atoms with Gasteiger partial charge >= 0.3 is 0 Å². The van der Waals surface area contributed by atoms with Crippen molar-refractivity contribution < 1.29 is 9.59 Å². The number of ketones is 2. The van der Waals surface area contributed by atoms with E-state index < -0.39 is 0 Å². The van der Waals surface area contributed by atoms with E-state index in [2.05, 4.69) is 4.90 Å². The molecule has 0 radical (unpaired) electrons. The lowest BCUT2D eigenvalue weighted by atomic mass is 9.85. The third-order valence-electron chi connectivity index (χ3n) is 5.60. The Balaban J connectivity index is 1.59. The molecule has 0 aromatic heterocycles. The second kappa shape index (κ2) is 9.44. The molecule has 0 saturated heterocycles. The van der Waals surface area contributed by atoms with Gasteiger partial charge in [-0.2, -0.15) is 0 Å². The molecule has 0 amide bonds. The smallest absolute Gasteiger partial charge is 0.137 e. The van der Waals surface area contributed by atoms with E-state index in [1.165, 1.54) is 38.5 Å². The van der Waals surface area contributed by atoms with Crippen molar-refractivity contribution in [1.29, 1.82) is 0 Å². The van der Waals surface area contributed by atoms with Gasteiger partial charge in [0.25, 0.3) is 0 Å². The van der Waals surface area contributed by atoms with E-state index in [0.29, 0.717) is 36.2 Å². The second-order valence-electron chi connectivity index (χ2n) is 7.41. The molecular formula is C19H33NO2. The van der Waals surface area contributed by atoms with Crippen LogP contribution < -0.4 is 0 Å². The molecule has 2 rings (SSSR count). The fourth-order valence-corrected chi connectivity index (χ4v) is 3.97. The van der Waals surface area contributed by atoms with Crippen molar-refractivity contribution in [1.82, 2.24) is 4.90 Å². The lowest BCUT2D eigenvalue weighted by Gasteiger charge is -2.23. The quantitative estimate of drug-likeness (QED) is 0.680. The Bertz CT molecular complexity index is 320. The average Bonchev–Trinajstić information content (AvgIpc) is 2.59. The van der Waals surface area contributed by atoms with Gasteiger partial charge in [0.15, 0.2) is 0 Å². The lowest BCUT2D eigenvalue weighted by Crippen LogP contribution is -2.29. The van der Waals surface area contributed by atoms with Gasteiger partial charge in [-0.15, -0.1) is 0 Å². The van der Waals surface area contributed by atoms with Gasteiger partial charge in [0.1, 0.15) is 11.6 Å². The summed E-state index contributed by atoms with van der Waals surface area (Å²) in [4.78, 5) is 26.6. The third-order valence-corrected chi connectivity index (χ3v) is 5.60. The van der Waals surface area contributed by atoms with Crippen LogP contribution in [0.2, 0.25) is 0 Å². The van der Waals surface area contributed by atoms with Gasteiger partial charge < -0.3 is 4.90 Å². The van der Waals surface area contributed by atoms with Crippen LogP contribution in [0.5, 0.6) is 0 Å². The number of Topliss-reactive ketones (excluding diaryl/α,β-unsaturated/α-hetero) is 2. The number of hydrogen-bond acceptors (Lipinski definition) is 3. The molecule has 0 aromatic carbocycles. The number of nitrogens with zero attached hydrogens (tertiary/aromatic N) is 1.